The number of nitrogens with two attached hydrogens (primary N) is 2. The van der Waals surface area contributed by atoms with E-state index in [4.69, 9.17) is 11.5 Å². The van der Waals surface area contributed by atoms with Gasteiger partial charge in [0.15, 0.2) is 0 Å². The Morgan fingerprint density at radius 1 is 1.07 bits per heavy atom. The van der Waals surface area contributed by atoms with Crippen molar-refractivity contribution in [1.29, 1.82) is 0 Å². The van der Waals surface area contributed by atoms with Crippen molar-refractivity contribution < 1.29 is 14.0 Å². The molecule has 0 fully saturated rings. The largest absolute Gasteiger partial charge is 0.345 e. The van der Waals surface area contributed by atoms with Crippen molar-refractivity contribution in [2.24, 2.45) is 11.5 Å². The summed E-state index contributed by atoms with van der Waals surface area (Å²) in [6.07, 6.45) is 0. The summed E-state index contributed by atoms with van der Waals surface area (Å²) in [5, 5.41) is 7.43. The van der Waals surface area contributed by atoms with Crippen LogP contribution in [0.2, 0.25) is 0 Å². The molecule has 3 rings (SSSR count). The van der Waals surface area contributed by atoms with Gasteiger partial charge >= 0.3 is 0 Å². The molecule has 0 aromatic heterocycles. The minimum Gasteiger partial charge on any atom is -0.345 e. The van der Waals surface area contributed by atoms with Crippen LogP contribution in [-0.4, -0.2) is 24.4 Å². The number of amides is 2. The maximum absolute atomic E-state index is 14.3. The molecule has 29 heavy (non-hydrogen) atoms. The average molecular weight is 394 g/mol. The molecule has 2 amide bonds. The summed E-state index contributed by atoms with van der Waals surface area (Å²) in [5.41, 5.74) is 12.0. The maximum Gasteiger partial charge on any atom is 0.254 e. The number of benzene rings is 3. The van der Waals surface area contributed by atoms with Gasteiger partial charge in [0.25, 0.3) is 5.91 Å². The van der Waals surface area contributed by atoms with Crippen LogP contribution in [0.5, 0.6) is 0 Å². The molecule has 0 spiro atoms. The normalized spacial score (nSPS) is 13.0. The third kappa shape index (κ3) is 4.59. The van der Waals surface area contributed by atoms with Gasteiger partial charge in [0.2, 0.25) is 5.91 Å². The Hall–Kier alpha value is -3.29. The molecule has 0 saturated carbocycles. The minimum atomic E-state index is -0.885. The van der Waals surface area contributed by atoms with E-state index in [1.54, 1.807) is 0 Å². The Morgan fingerprint density at radius 2 is 1.79 bits per heavy atom. The fraction of sp³-hybridized carbons (Fsp3) is 0.182. The highest BCUT2D eigenvalue weighted by molar-refractivity contribution is 5.99. The van der Waals surface area contributed by atoms with Gasteiger partial charge in [0, 0.05) is 12.2 Å². The number of nitrogens with one attached hydrogen (secondary N) is 2. The van der Waals surface area contributed by atoms with Crippen LogP contribution in [0.1, 0.15) is 28.9 Å². The molecule has 0 unspecified atom stereocenters. The number of hydrogen-bond donors (Lipinski definition) is 4. The number of carbonyl (C=O) groups is 2. The van der Waals surface area contributed by atoms with Gasteiger partial charge in [-0.3, -0.25) is 9.59 Å². The zero-order chi connectivity index (χ0) is 21.0. The Balaban J connectivity index is 1.81. The van der Waals surface area contributed by atoms with Crippen LogP contribution in [0.3, 0.4) is 0 Å². The van der Waals surface area contributed by atoms with Crippen molar-refractivity contribution in [3.63, 3.8) is 0 Å². The minimum absolute atomic E-state index is 0.0249. The molecule has 6 nitrogen and oxygen atoms in total. The van der Waals surface area contributed by atoms with Crippen molar-refractivity contribution in [3.8, 4) is 0 Å². The standard InChI is InChI=1S/C22H23FN4O2/c1-13(16-8-4-6-14-5-2-3-7-17(14)16)26-21(28)18-11-15(9-10-19(18)23)27-22(29)20(25)12-24/h2-11,13,20H,12,24-25H2,1H3,(H,26,28)(H,27,29)/t13-,20+/m1/s1. The van der Waals surface area contributed by atoms with Gasteiger partial charge in [-0.05, 0) is 41.5 Å². The van der Waals surface area contributed by atoms with E-state index in [1.807, 2.05) is 49.4 Å². The molecule has 7 heteroatoms. The molecule has 3 aromatic carbocycles. The van der Waals surface area contributed by atoms with E-state index < -0.39 is 23.7 Å². The Bertz CT molecular complexity index is 1050. The summed E-state index contributed by atoms with van der Waals surface area (Å²) in [6.45, 7) is 1.81. The van der Waals surface area contributed by atoms with Crippen LogP contribution < -0.4 is 22.1 Å². The first-order valence-electron chi connectivity index (χ1n) is 9.25. The number of halogens is 1. The average Bonchev–Trinajstić information content (AvgIpc) is 2.73. The number of hydrogen-bond acceptors (Lipinski definition) is 4. The van der Waals surface area contributed by atoms with Crippen molar-refractivity contribution in [3.05, 3.63) is 77.6 Å². The fourth-order valence-corrected chi connectivity index (χ4v) is 3.10. The van der Waals surface area contributed by atoms with Gasteiger partial charge in [-0.2, -0.15) is 0 Å². The number of carbonyl (C=O) groups excluding carboxylic acids is 2. The lowest BCUT2D eigenvalue weighted by molar-refractivity contribution is -0.117. The third-order valence-electron chi connectivity index (χ3n) is 4.71. The van der Waals surface area contributed by atoms with Gasteiger partial charge < -0.3 is 22.1 Å². The van der Waals surface area contributed by atoms with Crippen LogP contribution in [0.25, 0.3) is 10.8 Å². The summed E-state index contributed by atoms with van der Waals surface area (Å²) in [7, 11) is 0. The first-order valence-corrected chi connectivity index (χ1v) is 9.25. The van der Waals surface area contributed by atoms with Crippen LogP contribution in [0.4, 0.5) is 10.1 Å². The monoisotopic (exact) mass is 394 g/mol. The fourth-order valence-electron chi connectivity index (χ4n) is 3.10. The number of anilines is 1. The molecule has 0 bridgehead atoms. The highest BCUT2D eigenvalue weighted by Gasteiger charge is 2.18. The van der Waals surface area contributed by atoms with E-state index >= 15 is 0 Å². The smallest absolute Gasteiger partial charge is 0.254 e. The van der Waals surface area contributed by atoms with E-state index in [1.165, 1.54) is 12.1 Å². The van der Waals surface area contributed by atoms with E-state index in [9.17, 15) is 14.0 Å². The first kappa shape index (κ1) is 20.4. The number of rotatable bonds is 6. The van der Waals surface area contributed by atoms with Crippen molar-refractivity contribution in [1.82, 2.24) is 5.32 Å². The zero-order valence-electron chi connectivity index (χ0n) is 16.0. The lowest BCUT2D eigenvalue weighted by Gasteiger charge is -2.17. The summed E-state index contributed by atoms with van der Waals surface area (Å²) in [4.78, 5) is 24.6. The van der Waals surface area contributed by atoms with Gasteiger partial charge in [0.05, 0.1) is 17.6 Å². The molecule has 0 saturated heterocycles. The molecular formula is C22H23FN4O2. The highest BCUT2D eigenvalue weighted by atomic mass is 19.1. The molecule has 2 atom stereocenters. The molecule has 3 aromatic rings. The Kier molecular flexibility index (Phi) is 6.21. The second-order valence-corrected chi connectivity index (χ2v) is 6.79. The molecule has 0 heterocycles. The van der Waals surface area contributed by atoms with Crippen LogP contribution >= 0.6 is 0 Å². The zero-order valence-corrected chi connectivity index (χ0v) is 16.0. The Labute approximate surface area is 168 Å². The highest BCUT2D eigenvalue weighted by Crippen LogP contribution is 2.25. The SMILES string of the molecule is C[C@@H](NC(=O)c1cc(NC(=O)[C@@H](N)CN)ccc1F)c1cccc2ccccc12. The van der Waals surface area contributed by atoms with E-state index in [2.05, 4.69) is 10.6 Å². The van der Waals surface area contributed by atoms with E-state index in [0.29, 0.717) is 0 Å². The second-order valence-electron chi connectivity index (χ2n) is 6.79. The van der Waals surface area contributed by atoms with Gasteiger partial charge in [-0.15, -0.1) is 0 Å². The topological polar surface area (TPSA) is 110 Å². The summed E-state index contributed by atoms with van der Waals surface area (Å²) in [6, 6.07) is 16.2. The molecule has 0 radical (unpaired) electrons. The predicted molar refractivity (Wildman–Crippen MR) is 112 cm³/mol. The molecular weight excluding hydrogens is 371 g/mol. The Morgan fingerprint density at radius 3 is 2.55 bits per heavy atom. The first-order chi connectivity index (χ1) is 13.9. The summed E-state index contributed by atoms with van der Waals surface area (Å²) in [5.74, 6) is -1.77. The predicted octanol–water partition coefficient (Wildman–Crippen LogP) is 2.69. The second kappa shape index (κ2) is 8.81. The maximum atomic E-state index is 14.3. The van der Waals surface area contributed by atoms with Crippen LogP contribution in [0, 0.1) is 5.82 Å². The quantitative estimate of drug-likeness (QED) is 0.515. The van der Waals surface area contributed by atoms with Gasteiger partial charge in [-0.1, -0.05) is 42.5 Å². The molecule has 0 aliphatic carbocycles. The van der Waals surface area contributed by atoms with Gasteiger partial charge in [-0.25, -0.2) is 4.39 Å². The van der Waals surface area contributed by atoms with E-state index in [0.717, 1.165) is 22.4 Å². The summed E-state index contributed by atoms with van der Waals surface area (Å²) >= 11 is 0. The van der Waals surface area contributed by atoms with Gasteiger partial charge in [0.1, 0.15) is 5.82 Å². The van der Waals surface area contributed by atoms with Crippen LogP contribution in [0.15, 0.2) is 60.7 Å². The van der Waals surface area contributed by atoms with Crippen molar-refractivity contribution in [2.45, 2.75) is 19.0 Å². The third-order valence-corrected chi connectivity index (χ3v) is 4.71. The van der Waals surface area contributed by atoms with Crippen molar-refractivity contribution >= 4 is 28.3 Å². The molecule has 0 aliphatic rings. The lowest BCUT2D eigenvalue weighted by atomic mass is 9.99. The lowest BCUT2D eigenvalue weighted by Crippen LogP contribution is -2.41. The molecule has 0 aliphatic heterocycles. The summed E-state index contributed by atoms with van der Waals surface area (Å²) < 4.78 is 14.3. The molecule has 6 N–H and O–H groups in total. The van der Waals surface area contributed by atoms with Crippen LogP contribution in [-0.2, 0) is 4.79 Å². The van der Waals surface area contributed by atoms with Crippen molar-refractivity contribution in [2.75, 3.05) is 11.9 Å². The number of fused-ring (bicyclic) bond motifs is 1. The molecule has 150 valence electrons. The van der Waals surface area contributed by atoms with E-state index in [-0.39, 0.29) is 23.8 Å².